The van der Waals surface area contributed by atoms with E-state index in [9.17, 15) is 8.42 Å². The van der Waals surface area contributed by atoms with E-state index in [0.717, 1.165) is 46.9 Å². The Bertz CT molecular complexity index is 1450. The van der Waals surface area contributed by atoms with Gasteiger partial charge >= 0.3 is 0 Å². The lowest BCUT2D eigenvalue weighted by atomic mass is 10.0. The van der Waals surface area contributed by atoms with E-state index in [1.165, 1.54) is 3.97 Å². The van der Waals surface area contributed by atoms with Crippen molar-refractivity contribution in [1.29, 1.82) is 0 Å². The van der Waals surface area contributed by atoms with Gasteiger partial charge in [-0.15, -0.1) is 0 Å². The Morgan fingerprint density at radius 3 is 2.74 bits per heavy atom. The Morgan fingerprint density at radius 1 is 1.06 bits per heavy atom. The Labute approximate surface area is 199 Å². The summed E-state index contributed by atoms with van der Waals surface area (Å²) >= 11 is 0. The van der Waals surface area contributed by atoms with Crippen molar-refractivity contribution in [2.75, 3.05) is 24.7 Å². The van der Waals surface area contributed by atoms with Crippen LogP contribution in [0.15, 0.2) is 42.7 Å². The molecule has 0 radical (unpaired) electrons. The molecule has 0 bridgehead atoms. The molecule has 0 unspecified atom stereocenters. The number of aromatic amines is 1. The summed E-state index contributed by atoms with van der Waals surface area (Å²) in [6, 6.07) is 9.96. The number of hydrogen-bond acceptors (Lipinski definition) is 6. The van der Waals surface area contributed by atoms with E-state index in [2.05, 4.69) is 16.8 Å². The highest BCUT2D eigenvalue weighted by Gasteiger charge is 2.32. The summed E-state index contributed by atoms with van der Waals surface area (Å²) < 4.78 is 34.5. The maximum absolute atomic E-state index is 13.7. The van der Waals surface area contributed by atoms with E-state index < -0.39 is 10.0 Å². The number of nitrogens with zero attached hydrogens (tertiary/aromatic N) is 4. The second-order valence-corrected chi connectivity index (χ2v) is 11.5. The van der Waals surface area contributed by atoms with Crippen LogP contribution in [0.25, 0.3) is 33.3 Å². The molecular formula is C25H29N5O3S. The number of hydrogen-bond donors (Lipinski definition) is 1. The molecule has 1 saturated carbocycles. The van der Waals surface area contributed by atoms with E-state index in [1.54, 1.807) is 6.20 Å². The molecule has 0 amide bonds. The first-order valence-corrected chi connectivity index (χ1v) is 13.6. The second-order valence-electron chi connectivity index (χ2n) is 9.39. The smallest absolute Gasteiger partial charge is 0.243 e. The largest absolute Gasteiger partial charge is 0.377 e. The predicted molar refractivity (Wildman–Crippen MR) is 134 cm³/mol. The Kier molecular flexibility index (Phi) is 5.33. The van der Waals surface area contributed by atoms with Crippen LogP contribution in [0.4, 0.5) is 5.82 Å². The standard InChI is InChI=1S/C25H29N5O3S/c1-17-16-33-15-14-29(17)24-21-11-13-30(34(31,32)18-6-3-2-4-7-18)25(21)28-23(27-24)20-8-5-9-22-19(20)10-12-26-22/h5,8-13,17-18,26H,2-4,6-7,14-16H2,1H3/t17-/m1/s1. The van der Waals surface area contributed by atoms with E-state index in [4.69, 9.17) is 14.7 Å². The maximum Gasteiger partial charge on any atom is 0.243 e. The molecule has 9 heteroatoms. The zero-order chi connectivity index (χ0) is 23.3. The predicted octanol–water partition coefficient (Wildman–Crippen LogP) is 4.32. The van der Waals surface area contributed by atoms with Crippen LogP contribution >= 0.6 is 0 Å². The van der Waals surface area contributed by atoms with Gasteiger partial charge in [0.25, 0.3) is 0 Å². The number of fused-ring (bicyclic) bond motifs is 2. The van der Waals surface area contributed by atoms with E-state index >= 15 is 0 Å². The zero-order valence-corrected chi connectivity index (χ0v) is 20.1. The number of ether oxygens (including phenoxy) is 1. The molecule has 2 fully saturated rings. The summed E-state index contributed by atoms with van der Waals surface area (Å²) in [5, 5.41) is 1.41. The summed E-state index contributed by atoms with van der Waals surface area (Å²) in [6.45, 7) is 4.02. The summed E-state index contributed by atoms with van der Waals surface area (Å²) in [5.74, 6) is 1.30. The van der Waals surface area contributed by atoms with Crippen LogP contribution in [0.1, 0.15) is 39.0 Å². The molecule has 0 spiro atoms. The van der Waals surface area contributed by atoms with Crippen molar-refractivity contribution in [2.24, 2.45) is 0 Å². The van der Waals surface area contributed by atoms with Gasteiger partial charge in [0.2, 0.25) is 10.0 Å². The third-order valence-corrected chi connectivity index (χ3v) is 9.37. The molecule has 8 nitrogen and oxygen atoms in total. The fourth-order valence-corrected chi connectivity index (χ4v) is 7.23. The number of benzene rings is 1. The molecule has 34 heavy (non-hydrogen) atoms. The third-order valence-electron chi connectivity index (χ3n) is 7.21. The lowest BCUT2D eigenvalue weighted by molar-refractivity contribution is 0.0987. The van der Waals surface area contributed by atoms with Crippen molar-refractivity contribution in [3.63, 3.8) is 0 Å². The molecule has 4 aromatic rings. The van der Waals surface area contributed by atoms with Crippen LogP contribution in [0.3, 0.4) is 0 Å². The fraction of sp³-hybridized carbons (Fsp3) is 0.440. The molecule has 1 N–H and O–H groups in total. The minimum atomic E-state index is -3.56. The number of nitrogens with one attached hydrogen (secondary N) is 1. The number of anilines is 1. The van der Waals surface area contributed by atoms with Crippen LogP contribution in [-0.2, 0) is 14.8 Å². The first-order valence-electron chi connectivity index (χ1n) is 12.1. The summed E-state index contributed by atoms with van der Waals surface area (Å²) in [5.41, 5.74) is 2.33. The second kappa shape index (κ2) is 8.39. The molecule has 1 atom stereocenters. The fourth-order valence-electron chi connectivity index (χ4n) is 5.37. The monoisotopic (exact) mass is 479 g/mol. The molecular weight excluding hydrogens is 450 g/mol. The van der Waals surface area contributed by atoms with Gasteiger partial charge in [-0.2, -0.15) is 0 Å². The quantitative estimate of drug-likeness (QED) is 0.469. The summed E-state index contributed by atoms with van der Waals surface area (Å²) in [7, 11) is -3.56. The van der Waals surface area contributed by atoms with Crippen molar-refractivity contribution in [3.8, 4) is 11.4 Å². The number of morpholine rings is 1. The molecule has 1 saturated heterocycles. The SMILES string of the molecule is C[C@@H]1COCCN1c1nc(-c2cccc3[nH]ccc23)nc2c1ccn2S(=O)(=O)C1CCCCC1. The minimum absolute atomic E-state index is 0.126. The van der Waals surface area contributed by atoms with Crippen LogP contribution in [0.5, 0.6) is 0 Å². The third kappa shape index (κ3) is 3.49. The van der Waals surface area contributed by atoms with Crippen molar-refractivity contribution >= 4 is 37.8 Å². The van der Waals surface area contributed by atoms with Gasteiger partial charge < -0.3 is 14.6 Å². The molecule has 1 aliphatic heterocycles. The van der Waals surface area contributed by atoms with Gasteiger partial charge in [-0.3, -0.25) is 0 Å². The molecule has 3 aromatic heterocycles. The van der Waals surface area contributed by atoms with Crippen LogP contribution < -0.4 is 4.90 Å². The summed E-state index contributed by atoms with van der Waals surface area (Å²) in [6.07, 6.45) is 7.98. The van der Waals surface area contributed by atoms with Crippen molar-refractivity contribution in [1.82, 2.24) is 18.9 Å². The summed E-state index contributed by atoms with van der Waals surface area (Å²) in [4.78, 5) is 15.4. The van der Waals surface area contributed by atoms with Gasteiger partial charge in [-0.05, 0) is 38.0 Å². The van der Waals surface area contributed by atoms with Gasteiger partial charge in [0.15, 0.2) is 11.5 Å². The molecule has 178 valence electrons. The normalized spacial score (nSPS) is 20.4. The number of rotatable bonds is 4. The highest BCUT2D eigenvalue weighted by Crippen LogP contribution is 2.35. The van der Waals surface area contributed by atoms with Crippen LogP contribution in [0, 0.1) is 0 Å². The Hall–Kier alpha value is -2.91. The van der Waals surface area contributed by atoms with Crippen molar-refractivity contribution in [3.05, 3.63) is 42.7 Å². The topological polar surface area (TPSA) is 93.1 Å². The van der Waals surface area contributed by atoms with Crippen molar-refractivity contribution in [2.45, 2.75) is 50.3 Å². The zero-order valence-electron chi connectivity index (χ0n) is 19.3. The maximum atomic E-state index is 13.7. The molecule has 1 aromatic carbocycles. The number of H-pyrrole nitrogens is 1. The highest BCUT2D eigenvalue weighted by atomic mass is 32.2. The first-order chi connectivity index (χ1) is 16.5. The van der Waals surface area contributed by atoms with E-state index in [-0.39, 0.29) is 11.3 Å². The lowest BCUT2D eigenvalue weighted by Crippen LogP contribution is -2.44. The van der Waals surface area contributed by atoms with Gasteiger partial charge in [0.1, 0.15) is 5.82 Å². The minimum Gasteiger partial charge on any atom is -0.377 e. The van der Waals surface area contributed by atoms with Gasteiger partial charge in [0.05, 0.1) is 29.9 Å². The molecule has 6 rings (SSSR count). The first kappa shape index (κ1) is 21.6. The van der Waals surface area contributed by atoms with E-state index in [1.807, 2.05) is 36.5 Å². The van der Waals surface area contributed by atoms with Gasteiger partial charge in [-0.25, -0.2) is 22.4 Å². The number of aromatic nitrogens is 4. The molecule has 4 heterocycles. The van der Waals surface area contributed by atoms with Crippen molar-refractivity contribution < 1.29 is 13.2 Å². The van der Waals surface area contributed by atoms with Gasteiger partial charge in [0, 0.05) is 35.4 Å². The Morgan fingerprint density at radius 2 is 1.91 bits per heavy atom. The lowest BCUT2D eigenvalue weighted by Gasteiger charge is -2.34. The molecule has 2 aliphatic rings. The van der Waals surface area contributed by atoms with Crippen LogP contribution in [0.2, 0.25) is 0 Å². The average molecular weight is 480 g/mol. The average Bonchev–Trinajstić information content (AvgIpc) is 3.52. The molecule has 1 aliphatic carbocycles. The van der Waals surface area contributed by atoms with Crippen LogP contribution in [-0.4, -0.2) is 58.4 Å². The Balaban J connectivity index is 1.58. The van der Waals surface area contributed by atoms with E-state index in [0.29, 0.717) is 44.1 Å². The highest BCUT2D eigenvalue weighted by molar-refractivity contribution is 7.90. The van der Waals surface area contributed by atoms with Gasteiger partial charge in [-0.1, -0.05) is 31.4 Å².